The van der Waals surface area contributed by atoms with E-state index < -0.39 is 8.80 Å². The molecular formula is C14H33NO3Si. The van der Waals surface area contributed by atoms with Gasteiger partial charge in [0.05, 0.1) is 0 Å². The van der Waals surface area contributed by atoms with Gasteiger partial charge in [-0.05, 0) is 40.2 Å². The Morgan fingerprint density at radius 2 is 1.63 bits per heavy atom. The summed E-state index contributed by atoms with van der Waals surface area (Å²) >= 11 is 0. The van der Waals surface area contributed by atoms with Gasteiger partial charge < -0.3 is 19.0 Å². The fourth-order valence-electron chi connectivity index (χ4n) is 2.12. The molecule has 0 saturated carbocycles. The van der Waals surface area contributed by atoms with Crippen molar-refractivity contribution in [3.63, 3.8) is 0 Å². The number of unbranched alkanes of at least 4 members (excludes halogenated alkanes) is 2. The molecule has 19 heavy (non-hydrogen) atoms. The number of nitrogens with two attached hydrogens (primary N) is 1. The first-order chi connectivity index (χ1) is 9.14. The van der Waals surface area contributed by atoms with E-state index in [1.807, 2.05) is 13.8 Å². The Balaban J connectivity index is 4.42. The van der Waals surface area contributed by atoms with Crippen LogP contribution in [0.25, 0.3) is 0 Å². The van der Waals surface area contributed by atoms with Gasteiger partial charge in [-0.3, -0.25) is 0 Å². The lowest BCUT2D eigenvalue weighted by Gasteiger charge is -2.31. The molecule has 0 rings (SSSR count). The Morgan fingerprint density at radius 3 is 2.11 bits per heavy atom. The summed E-state index contributed by atoms with van der Waals surface area (Å²) in [6, 6.07) is 0.823. The Labute approximate surface area is 120 Å². The summed E-state index contributed by atoms with van der Waals surface area (Å²) in [5, 5.41) is 0. The fourth-order valence-corrected chi connectivity index (χ4v) is 4.99. The van der Waals surface area contributed by atoms with Gasteiger partial charge in [-0.2, -0.15) is 0 Å². The van der Waals surface area contributed by atoms with Crippen molar-refractivity contribution in [2.45, 2.75) is 71.9 Å². The van der Waals surface area contributed by atoms with Crippen LogP contribution in [0.1, 0.15) is 59.8 Å². The summed E-state index contributed by atoms with van der Waals surface area (Å²) in [4.78, 5) is 0. The average Bonchev–Trinajstić information content (AvgIpc) is 2.37. The smallest absolute Gasteiger partial charge is 0.374 e. The van der Waals surface area contributed by atoms with Crippen molar-refractivity contribution in [1.29, 1.82) is 0 Å². The topological polar surface area (TPSA) is 53.7 Å². The molecule has 0 aliphatic heterocycles. The van der Waals surface area contributed by atoms with Crippen molar-refractivity contribution in [3.05, 3.63) is 0 Å². The molecule has 0 radical (unpaired) electrons. The van der Waals surface area contributed by atoms with Crippen LogP contribution in [-0.2, 0) is 13.3 Å². The molecule has 116 valence electrons. The normalized spacial score (nSPS) is 13.7. The van der Waals surface area contributed by atoms with E-state index in [2.05, 4.69) is 13.8 Å². The maximum atomic E-state index is 6.21. The molecule has 0 aromatic rings. The zero-order chi connectivity index (χ0) is 14.6. The van der Waals surface area contributed by atoms with Gasteiger partial charge in [0.2, 0.25) is 0 Å². The van der Waals surface area contributed by atoms with Gasteiger partial charge in [-0.1, -0.05) is 26.2 Å². The second-order valence-electron chi connectivity index (χ2n) is 4.87. The lowest BCUT2D eigenvalue weighted by molar-refractivity contribution is 0.0345. The van der Waals surface area contributed by atoms with Crippen LogP contribution in [0.2, 0.25) is 6.04 Å². The molecule has 0 bridgehead atoms. The number of hydrogen-bond acceptors (Lipinski definition) is 4. The van der Waals surface area contributed by atoms with Crippen molar-refractivity contribution in [1.82, 2.24) is 0 Å². The van der Waals surface area contributed by atoms with Crippen LogP contribution in [0.4, 0.5) is 0 Å². The standard InChI is InChI=1S/C14H33NO3Si/c1-5-8-9-11-14(4)18-19(16-6-2,17-7-3)13-10-12-15/h14H,5-13,15H2,1-4H3. The summed E-state index contributed by atoms with van der Waals surface area (Å²) in [7, 11) is -2.52. The fraction of sp³-hybridized carbons (Fsp3) is 1.00. The molecule has 0 spiro atoms. The zero-order valence-electron chi connectivity index (χ0n) is 13.2. The van der Waals surface area contributed by atoms with Gasteiger partial charge in [0.25, 0.3) is 0 Å². The van der Waals surface area contributed by atoms with E-state index in [9.17, 15) is 0 Å². The van der Waals surface area contributed by atoms with E-state index in [0.29, 0.717) is 19.8 Å². The molecule has 0 aromatic heterocycles. The molecule has 2 N–H and O–H groups in total. The molecule has 0 aliphatic carbocycles. The van der Waals surface area contributed by atoms with Crippen LogP contribution in [-0.4, -0.2) is 34.7 Å². The first-order valence-corrected chi connectivity index (χ1v) is 9.73. The lowest BCUT2D eigenvalue weighted by atomic mass is 10.1. The largest absolute Gasteiger partial charge is 0.501 e. The molecule has 0 heterocycles. The highest BCUT2D eigenvalue weighted by Gasteiger charge is 2.41. The van der Waals surface area contributed by atoms with E-state index in [4.69, 9.17) is 19.0 Å². The second-order valence-corrected chi connectivity index (χ2v) is 7.54. The van der Waals surface area contributed by atoms with Crippen LogP contribution < -0.4 is 5.73 Å². The minimum atomic E-state index is -2.52. The highest BCUT2D eigenvalue weighted by atomic mass is 28.4. The number of hydrogen-bond donors (Lipinski definition) is 1. The van der Waals surface area contributed by atoms with E-state index >= 15 is 0 Å². The maximum Gasteiger partial charge on any atom is 0.501 e. The van der Waals surface area contributed by atoms with E-state index in [-0.39, 0.29) is 6.10 Å². The van der Waals surface area contributed by atoms with Crippen molar-refractivity contribution in [2.24, 2.45) is 5.73 Å². The Bertz CT molecular complexity index is 199. The van der Waals surface area contributed by atoms with Crippen molar-refractivity contribution in [2.75, 3.05) is 19.8 Å². The third kappa shape index (κ3) is 8.76. The van der Waals surface area contributed by atoms with Crippen molar-refractivity contribution in [3.8, 4) is 0 Å². The second kappa shape index (κ2) is 11.8. The summed E-state index contributed by atoms with van der Waals surface area (Å²) in [5.41, 5.74) is 5.61. The first kappa shape index (κ1) is 19.1. The molecule has 0 aliphatic rings. The maximum absolute atomic E-state index is 6.21. The zero-order valence-corrected chi connectivity index (χ0v) is 14.2. The minimum Gasteiger partial charge on any atom is -0.374 e. The Morgan fingerprint density at radius 1 is 1.00 bits per heavy atom. The van der Waals surface area contributed by atoms with Crippen molar-refractivity contribution >= 4 is 8.80 Å². The van der Waals surface area contributed by atoms with Crippen LogP contribution in [0, 0.1) is 0 Å². The molecule has 1 atom stereocenters. The van der Waals surface area contributed by atoms with Gasteiger partial charge in [-0.25, -0.2) is 0 Å². The first-order valence-electron chi connectivity index (χ1n) is 7.79. The number of rotatable bonds is 13. The average molecular weight is 292 g/mol. The molecule has 0 fully saturated rings. The van der Waals surface area contributed by atoms with E-state index in [1.165, 1.54) is 19.3 Å². The minimum absolute atomic E-state index is 0.203. The third-order valence-corrected chi connectivity index (χ3v) is 6.19. The predicted molar refractivity (Wildman–Crippen MR) is 82.2 cm³/mol. The van der Waals surface area contributed by atoms with Crippen LogP contribution >= 0.6 is 0 Å². The van der Waals surface area contributed by atoms with Crippen molar-refractivity contribution < 1.29 is 13.3 Å². The van der Waals surface area contributed by atoms with E-state index in [1.54, 1.807) is 0 Å². The Hall–Kier alpha value is 0.0569. The molecule has 0 amide bonds. The van der Waals surface area contributed by atoms with Gasteiger partial charge in [0.15, 0.2) is 0 Å². The van der Waals surface area contributed by atoms with E-state index in [0.717, 1.165) is 18.9 Å². The van der Waals surface area contributed by atoms with Crippen LogP contribution in [0.15, 0.2) is 0 Å². The summed E-state index contributed by atoms with van der Waals surface area (Å²) in [6.45, 7) is 10.3. The van der Waals surface area contributed by atoms with Crippen LogP contribution in [0.3, 0.4) is 0 Å². The monoisotopic (exact) mass is 291 g/mol. The molecule has 5 heteroatoms. The molecule has 4 nitrogen and oxygen atoms in total. The quantitative estimate of drug-likeness (QED) is 0.418. The lowest BCUT2D eigenvalue weighted by Crippen LogP contribution is -2.48. The Kier molecular flexibility index (Phi) is 11.9. The van der Waals surface area contributed by atoms with Gasteiger partial charge in [0, 0.05) is 25.4 Å². The molecular weight excluding hydrogens is 258 g/mol. The third-order valence-electron chi connectivity index (χ3n) is 3.01. The SMILES string of the molecule is CCCCCC(C)O[Si](CCCN)(OCC)OCC. The van der Waals surface area contributed by atoms with Gasteiger partial charge in [-0.15, -0.1) is 0 Å². The highest BCUT2D eigenvalue weighted by molar-refractivity contribution is 6.60. The summed E-state index contributed by atoms with van der Waals surface area (Å²) in [6.07, 6.45) is 5.87. The van der Waals surface area contributed by atoms with Gasteiger partial charge in [0.1, 0.15) is 0 Å². The highest BCUT2D eigenvalue weighted by Crippen LogP contribution is 2.21. The summed E-state index contributed by atoms with van der Waals surface area (Å²) < 4.78 is 18.0. The summed E-state index contributed by atoms with van der Waals surface area (Å²) in [5.74, 6) is 0. The molecule has 0 saturated heterocycles. The molecule has 0 aromatic carbocycles. The van der Waals surface area contributed by atoms with Gasteiger partial charge >= 0.3 is 8.80 Å². The molecule has 1 unspecified atom stereocenters. The predicted octanol–water partition coefficient (Wildman–Crippen LogP) is 3.33. The van der Waals surface area contributed by atoms with Crippen LogP contribution in [0.5, 0.6) is 0 Å².